The Kier molecular flexibility index (Phi) is 6.84. The molecule has 4 rings (SSSR count). The number of fused-ring (bicyclic) bond motifs is 1. The summed E-state index contributed by atoms with van der Waals surface area (Å²) in [5.41, 5.74) is 6.00. The number of hydrogen-bond acceptors (Lipinski definition) is 4. The van der Waals surface area contributed by atoms with Crippen molar-refractivity contribution in [3.05, 3.63) is 99.3 Å². The maximum atomic E-state index is 13.0. The van der Waals surface area contributed by atoms with Crippen LogP contribution in [0, 0.1) is 13.8 Å². The standard InChI is InChI=1S/C27H26N2O3S/c1-4-32-25(30)17-29-23-14-18(2)19(3)15-24(23)33-27(29)28-26(31)22-12-10-21(11-13-22)16-20-8-6-5-7-9-20/h5-15H,4,16-17H2,1-3H3. The van der Waals surface area contributed by atoms with Crippen molar-refractivity contribution in [2.45, 2.75) is 33.7 Å². The molecule has 0 bridgehead atoms. The van der Waals surface area contributed by atoms with Gasteiger partial charge in [0, 0.05) is 5.56 Å². The van der Waals surface area contributed by atoms with Crippen molar-refractivity contribution >= 4 is 33.4 Å². The number of thiazole rings is 1. The number of amides is 1. The van der Waals surface area contributed by atoms with E-state index < -0.39 is 0 Å². The zero-order chi connectivity index (χ0) is 23.4. The molecule has 0 saturated heterocycles. The number of rotatable bonds is 6. The Morgan fingerprint density at radius 2 is 1.61 bits per heavy atom. The molecule has 0 aliphatic heterocycles. The fraction of sp³-hybridized carbons (Fsp3) is 0.222. The number of aromatic nitrogens is 1. The van der Waals surface area contributed by atoms with Gasteiger partial charge in [0.1, 0.15) is 6.54 Å². The highest BCUT2D eigenvalue weighted by atomic mass is 32.1. The molecule has 0 aliphatic rings. The molecule has 1 heterocycles. The minimum Gasteiger partial charge on any atom is -0.465 e. The van der Waals surface area contributed by atoms with Crippen LogP contribution in [0.5, 0.6) is 0 Å². The van der Waals surface area contributed by atoms with E-state index in [1.807, 2.05) is 50.2 Å². The summed E-state index contributed by atoms with van der Waals surface area (Å²) in [5.74, 6) is -0.687. The van der Waals surface area contributed by atoms with Crippen molar-refractivity contribution in [3.8, 4) is 0 Å². The van der Waals surface area contributed by atoms with Gasteiger partial charge in [0.15, 0.2) is 4.80 Å². The number of benzene rings is 3. The van der Waals surface area contributed by atoms with Crippen molar-refractivity contribution < 1.29 is 14.3 Å². The quantitative estimate of drug-likeness (QED) is 0.373. The van der Waals surface area contributed by atoms with E-state index >= 15 is 0 Å². The molecule has 168 valence electrons. The summed E-state index contributed by atoms with van der Waals surface area (Å²) in [7, 11) is 0. The third-order valence-corrected chi connectivity index (χ3v) is 6.58. The second-order valence-corrected chi connectivity index (χ2v) is 8.97. The van der Waals surface area contributed by atoms with E-state index in [1.165, 1.54) is 16.9 Å². The van der Waals surface area contributed by atoms with Crippen LogP contribution in [-0.4, -0.2) is 23.1 Å². The van der Waals surface area contributed by atoms with E-state index in [1.54, 1.807) is 23.6 Å². The number of hydrogen-bond donors (Lipinski definition) is 0. The van der Waals surface area contributed by atoms with Gasteiger partial charge in [0.05, 0.1) is 16.8 Å². The number of carbonyl (C=O) groups excluding carboxylic acids is 2. The van der Waals surface area contributed by atoms with Gasteiger partial charge in [0.2, 0.25) is 0 Å². The topological polar surface area (TPSA) is 60.7 Å². The molecule has 3 aromatic carbocycles. The van der Waals surface area contributed by atoms with E-state index in [-0.39, 0.29) is 18.4 Å². The normalized spacial score (nSPS) is 11.7. The van der Waals surface area contributed by atoms with Crippen molar-refractivity contribution in [3.63, 3.8) is 0 Å². The summed E-state index contributed by atoms with van der Waals surface area (Å²) < 4.78 is 7.89. The highest BCUT2D eigenvalue weighted by Crippen LogP contribution is 2.22. The van der Waals surface area contributed by atoms with Crippen LogP contribution < -0.4 is 4.80 Å². The van der Waals surface area contributed by atoms with Gasteiger partial charge in [0.25, 0.3) is 5.91 Å². The molecular formula is C27H26N2O3S. The molecule has 0 unspecified atom stereocenters. The van der Waals surface area contributed by atoms with Gasteiger partial charge in [-0.3, -0.25) is 9.59 Å². The molecule has 33 heavy (non-hydrogen) atoms. The van der Waals surface area contributed by atoms with Crippen LogP contribution in [0.1, 0.15) is 39.5 Å². The van der Waals surface area contributed by atoms with E-state index in [9.17, 15) is 9.59 Å². The van der Waals surface area contributed by atoms with E-state index in [0.717, 1.165) is 33.3 Å². The average molecular weight is 459 g/mol. The Balaban J connectivity index is 1.67. The zero-order valence-corrected chi connectivity index (χ0v) is 19.8. The first-order chi connectivity index (χ1) is 15.9. The van der Waals surface area contributed by atoms with Crippen molar-refractivity contribution in [2.24, 2.45) is 4.99 Å². The van der Waals surface area contributed by atoms with Crippen LogP contribution in [0.4, 0.5) is 0 Å². The third kappa shape index (κ3) is 5.29. The number of esters is 1. The first-order valence-corrected chi connectivity index (χ1v) is 11.7. The molecule has 0 aliphatic carbocycles. The summed E-state index contributed by atoms with van der Waals surface area (Å²) in [4.78, 5) is 30.1. The summed E-state index contributed by atoms with van der Waals surface area (Å²) in [6.07, 6.45) is 0.807. The fourth-order valence-corrected chi connectivity index (χ4v) is 4.75. The van der Waals surface area contributed by atoms with E-state index in [2.05, 4.69) is 23.2 Å². The van der Waals surface area contributed by atoms with Crippen LogP contribution >= 0.6 is 11.3 Å². The Labute approximate surface area is 197 Å². The van der Waals surface area contributed by atoms with Gasteiger partial charge < -0.3 is 9.30 Å². The molecule has 6 heteroatoms. The first kappa shape index (κ1) is 22.7. The fourth-order valence-electron chi connectivity index (χ4n) is 3.64. The predicted octanol–water partition coefficient (Wildman–Crippen LogP) is 5.21. The van der Waals surface area contributed by atoms with Crippen molar-refractivity contribution in [2.75, 3.05) is 6.61 Å². The van der Waals surface area contributed by atoms with Crippen LogP contribution in [0.15, 0.2) is 71.7 Å². The number of aryl methyl sites for hydroxylation is 2. The minimum atomic E-state index is -0.352. The van der Waals surface area contributed by atoms with Crippen molar-refractivity contribution in [1.29, 1.82) is 0 Å². The molecule has 0 radical (unpaired) electrons. The van der Waals surface area contributed by atoms with Gasteiger partial charge in [-0.05, 0) is 73.7 Å². The molecule has 4 aromatic rings. The lowest BCUT2D eigenvalue weighted by Gasteiger charge is -2.06. The molecule has 0 atom stereocenters. The van der Waals surface area contributed by atoms with Crippen LogP contribution in [0.3, 0.4) is 0 Å². The maximum Gasteiger partial charge on any atom is 0.326 e. The summed E-state index contributed by atoms with van der Waals surface area (Å²) in [6.45, 7) is 6.17. The lowest BCUT2D eigenvalue weighted by Crippen LogP contribution is -2.23. The largest absolute Gasteiger partial charge is 0.465 e. The lowest BCUT2D eigenvalue weighted by molar-refractivity contribution is -0.143. The van der Waals surface area contributed by atoms with Crippen LogP contribution in [0.2, 0.25) is 0 Å². The minimum absolute atomic E-state index is 0.0124. The number of nitrogens with zero attached hydrogens (tertiary/aromatic N) is 2. The van der Waals surface area contributed by atoms with E-state index in [4.69, 9.17) is 4.74 Å². The summed E-state index contributed by atoms with van der Waals surface area (Å²) in [6, 6.07) is 21.8. The maximum absolute atomic E-state index is 13.0. The highest BCUT2D eigenvalue weighted by Gasteiger charge is 2.14. The van der Waals surface area contributed by atoms with Gasteiger partial charge in [-0.2, -0.15) is 4.99 Å². The third-order valence-electron chi connectivity index (χ3n) is 5.54. The van der Waals surface area contributed by atoms with Crippen LogP contribution in [-0.2, 0) is 22.5 Å². The molecular weight excluding hydrogens is 432 g/mol. The summed E-state index contributed by atoms with van der Waals surface area (Å²) >= 11 is 1.40. The van der Waals surface area contributed by atoms with Crippen LogP contribution in [0.25, 0.3) is 10.2 Å². The molecule has 5 nitrogen and oxygen atoms in total. The Bertz CT molecular complexity index is 1370. The van der Waals surface area contributed by atoms with Gasteiger partial charge in [-0.15, -0.1) is 0 Å². The predicted molar refractivity (Wildman–Crippen MR) is 132 cm³/mol. The van der Waals surface area contributed by atoms with Gasteiger partial charge >= 0.3 is 5.97 Å². The second kappa shape index (κ2) is 9.96. The van der Waals surface area contributed by atoms with Crippen molar-refractivity contribution in [1.82, 2.24) is 4.57 Å². The Morgan fingerprint density at radius 1 is 0.939 bits per heavy atom. The molecule has 1 aromatic heterocycles. The molecule has 0 N–H and O–H groups in total. The number of ether oxygens (including phenoxy) is 1. The average Bonchev–Trinajstić information content (AvgIpc) is 3.11. The number of carbonyl (C=O) groups is 2. The smallest absolute Gasteiger partial charge is 0.326 e. The Morgan fingerprint density at radius 3 is 2.30 bits per heavy atom. The lowest BCUT2D eigenvalue weighted by atomic mass is 10.0. The van der Waals surface area contributed by atoms with Gasteiger partial charge in [-0.1, -0.05) is 53.8 Å². The molecule has 0 spiro atoms. The van der Waals surface area contributed by atoms with E-state index in [0.29, 0.717) is 17.0 Å². The summed E-state index contributed by atoms with van der Waals surface area (Å²) in [5, 5.41) is 0. The monoisotopic (exact) mass is 458 g/mol. The van der Waals surface area contributed by atoms with Gasteiger partial charge in [-0.25, -0.2) is 0 Å². The molecule has 0 saturated carbocycles. The second-order valence-electron chi connectivity index (χ2n) is 7.96. The zero-order valence-electron chi connectivity index (χ0n) is 19.0. The molecule has 0 fully saturated rings. The first-order valence-electron chi connectivity index (χ1n) is 10.9. The molecule has 1 amide bonds. The SMILES string of the molecule is CCOC(=O)Cn1c(=NC(=O)c2ccc(Cc3ccccc3)cc2)sc2cc(C)c(C)cc21. The Hall–Kier alpha value is -3.51. The highest BCUT2D eigenvalue weighted by molar-refractivity contribution is 7.16.